The maximum absolute atomic E-state index is 11.6. The third kappa shape index (κ3) is 3.45. The average molecular weight is 228 g/mol. The summed E-state index contributed by atoms with van der Waals surface area (Å²) in [5.74, 6) is -1.02. The molecule has 0 atom stereocenters. The highest BCUT2D eigenvalue weighted by molar-refractivity contribution is 7.92. The Morgan fingerprint density at radius 3 is 2.33 bits per heavy atom. The van der Waals surface area contributed by atoms with Gasteiger partial charge >= 0.3 is 0 Å². The summed E-state index contributed by atoms with van der Waals surface area (Å²) in [6, 6.07) is 7.80. The lowest BCUT2D eigenvalue weighted by Gasteiger charge is -2.02. The SMILES string of the molecule is O=C(CCO)CS(=O)(=O)c1ccccc1. The van der Waals surface area contributed by atoms with Gasteiger partial charge in [-0.05, 0) is 12.1 Å². The third-order valence-electron chi connectivity index (χ3n) is 1.84. The van der Waals surface area contributed by atoms with Gasteiger partial charge in [0.05, 0.1) is 4.90 Å². The Hall–Kier alpha value is -1.20. The molecule has 0 spiro atoms. The monoisotopic (exact) mass is 228 g/mol. The van der Waals surface area contributed by atoms with Gasteiger partial charge in [0.25, 0.3) is 0 Å². The van der Waals surface area contributed by atoms with Gasteiger partial charge < -0.3 is 5.11 Å². The maximum atomic E-state index is 11.6. The standard InChI is InChI=1S/C10H12O4S/c11-7-6-9(12)8-15(13,14)10-4-2-1-3-5-10/h1-5,11H,6-8H2. The molecule has 0 aliphatic carbocycles. The van der Waals surface area contributed by atoms with Gasteiger partial charge in [0.15, 0.2) is 15.6 Å². The van der Waals surface area contributed by atoms with Crippen LogP contribution in [-0.4, -0.2) is 31.7 Å². The molecular weight excluding hydrogens is 216 g/mol. The summed E-state index contributed by atoms with van der Waals surface area (Å²) in [4.78, 5) is 11.2. The highest BCUT2D eigenvalue weighted by atomic mass is 32.2. The first-order chi connectivity index (χ1) is 7.06. The predicted molar refractivity (Wildman–Crippen MR) is 55.2 cm³/mol. The molecule has 5 heteroatoms. The molecule has 1 aromatic carbocycles. The van der Waals surface area contributed by atoms with Gasteiger partial charge in [-0.2, -0.15) is 0 Å². The van der Waals surface area contributed by atoms with Crippen molar-refractivity contribution in [1.82, 2.24) is 0 Å². The Morgan fingerprint density at radius 2 is 1.80 bits per heavy atom. The lowest BCUT2D eigenvalue weighted by molar-refractivity contribution is -0.117. The first-order valence-electron chi connectivity index (χ1n) is 4.46. The second-order valence-corrected chi connectivity index (χ2v) is 5.07. The number of carbonyl (C=O) groups excluding carboxylic acids is 1. The van der Waals surface area contributed by atoms with E-state index in [1.54, 1.807) is 18.2 Å². The summed E-state index contributed by atoms with van der Waals surface area (Å²) in [6.07, 6.45) is -0.119. The van der Waals surface area contributed by atoms with Gasteiger partial charge in [0.2, 0.25) is 0 Å². The van der Waals surface area contributed by atoms with E-state index in [2.05, 4.69) is 0 Å². The van der Waals surface area contributed by atoms with E-state index in [1.807, 2.05) is 0 Å². The fourth-order valence-electron chi connectivity index (χ4n) is 1.12. The summed E-state index contributed by atoms with van der Waals surface area (Å²) in [5, 5.41) is 8.49. The molecule has 15 heavy (non-hydrogen) atoms. The molecule has 0 bridgehead atoms. The summed E-state index contributed by atoms with van der Waals surface area (Å²) in [5.41, 5.74) is 0. The number of aliphatic hydroxyl groups is 1. The molecule has 0 saturated carbocycles. The number of rotatable bonds is 5. The molecule has 82 valence electrons. The zero-order chi connectivity index (χ0) is 11.3. The molecule has 0 saturated heterocycles. The lowest BCUT2D eigenvalue weighted by atomic mass is 10.3. The summed E-state index contributed by atoms with van der Waals surface area (Å²) in [6.45, 7) is -0.316. The second-order valence-electron chi connectivity index (χ2n) is 3.08. The molecule has 0 unspecified atom stereocenters. The molecule has 1 rings (SSSR count). The van der Waals surface area contributed by atoms with Crippen molar-refractivity contribution in [2.45, 2.75) is 11.3 Å². The van der Waals surface area contributed by atoms with Crippen molar-refractivity contribution in [1.29, 1.82) is 0 Å². The summed E-state index contributed by atoms with van der Waals surface area (Å²) >= 11 is 0. The van der Waals surface area contributed by atoms with Crippen molar-refractivity contribution in [2.75, 3.05) is 12.4 Å². The summed E-state index contributed by atoms with van der Waals surface area (Å²) in [7, 11) is -3.54. The fourth-order valence-corrected chi connectivity index (χ4v) is 2.43. The van der Waals surface area contributed by atoms with Gasteiger partial charge in [-0.15, -0.1) is 0 Å². The fraction of sp³-hybridized carbons (Fsp3) is 0.300. The average Bonchev–Trinajstić information content (AvgIpc) is 2.18. The van der Waals surface area contributed by atoms with Crippen molar-refractivity contribution in [3.05, 3.63) is 30.3 Å². The number of carbonyl (C=O) groups is 1. The van der Waals surface area contributed by atoms with Gasteiger partial charge in [0.1, 0.15) is 5.75 Å². The zero-order valence-corrected chi connectivity index (χ0v) is 8.90. The molecule has 0 heterocycles. The number of Topliss-reactive ketones (excluding diaryl/α,β-unsaturated/α-hetero) is 1. The Morgan fingerprint density at radius 1 is 1.20 bits per heavy atom. The number of aliphatic hydroxyl groups excluding tert-OH is 1. The minimum Gasteiger partial charge on any atom is -0.396 e. The minimum absolute atomic E-state index is 0.119. The van der Waals surface area contributed by atoms with Crippen LogP contribution in [-0.2, 0) is 14.6 Å². The minimum atomic E-state index is -3.54. The lowest BCUT2D eigenvalue weighted by Crippen LogP contribution is -2.16. The van der Waals surface area contributed by atoms with E-state index >= 15 is 0 Å². The third-order valence-corrected chi connectivity index (χ3v) is 3.54. The Labute approximate surface area is 88.5 Å². The van der Waals surface area contributed by atoms with Crippen LogP contribution in [0.3, 0.4) is 0 Å². The first kappa shape index (κ1) is 11.9. The van der Waals surface area contributed by atoms with Crippen LogP contribution in [0.4, 0.5) is 0 Å². The predicted octanol–water partition coefficient (Wildman–Crippen LogP) is 0.412. The van der Waals surface area contributed by atoms with Crippen LogP contribution in [0.2, 0.25) is 0 Å². The second kappa shape index (κ2) is 5.04. The normalized spacial score (nSPS) is 11.3. The molecule has 1 N–H and O–H groups in total. The molecule has 0 fully saturated rings. The molecule has 1 aromatic rings. The Balaban J connectivity index is 2.81. The van der Waals surface area contributed by atoms with Crippen molar-refractivity contribution in [3.63, 3.8) is 0 Å². The van der Waals surface area contributed by atoms with Crippen molar-refractivity contribution in [3.8, 4) is 0 Å². The molecule has 0 amide bonds. The Kier molecular flexibility index (Phi) is 3.99. The largest absolute Gasteiger partial charge is 0.396 e. The first-order valence-corrected chi connectivity index (χ1v) is 6.12. The van der Waals surface area contributed by atoms with Crippen LogP contribution in [0, 0.1) is 0 Å². The Bertz CT molecular complexity index is 422. The van der Waals surface area contributed by atoms with Crippen molar-refractivity contribution < 1.29 is 18.3 Å². The van der Waals surface area contributed by atoms with E-state index in [0.717, 1.165) is 0 Å². The van der Waals surface area contributed by atoms with Gasteiger partial charge in [-0.25, -0.2) is 8.42 Å². The van der Waals surface area contributed by atoms with E-state index in [0.29, 0.717) is 0 Å². The molecule has 0 radical (unpaired) electrons. The van der Waals surface area contributed by atoms with E-state index in [4.69, 9.17) is 5.11 Å². The molecule has 4 nitrogen and oxygen atoms in total. The van der Waals surface area contributed by atoms with Crippen LogP contribution in [0.15, 0.2) is 35.2 Å². The zero-order valence-electron chi connectivity index (χ0n) is 8.09. The van der Waals surface area contributed by atoms with E-state index in [9.17, 15) is 13.2 Å². The van der Waals surface area contributed by atoms with Gasteiger partial charge in [0, 0.05) is 13.0 Å². The number of ketones is 1. The molecular formula is C10H12O4S. The molecule has 0 aromatic heterocycles. The van der Waals surface area contributed by atoms with E-state index in [1.165, 1.54) is 12.1 Å². The smallest absolute Gasteiger partial charge is 0.185 e. The maximum Gasteiger partial charge on any atom is 0.185 e. The van der Waals surface area contributed by atoms with E-state index in [-0.39, 0.29) is 17.9 Å². The number of hydrogen-bond donors (Lipinski definition) is 1. The van der Waals surface area contributed by atoms with Crippen LogP contribution >= 0.6 is 0 Å². The number of hydrogen-bond acceptors (Lipinski definition) is 4. The van der Waals surface area contributed by atoms with E-state index < -0.39 is 21.4 Å². The highest BCUT2D eigenvalue weighted by Gasteiger charge is 2.18. The highest BCUT2D eigenvalue weighted by Crippen LogP contribution is 2.10. The quantitative estimate of drug-likeness (QED) is 0.792. The molecule has 0 aliphatic rings. The topological polar surface area (TPSA) is 71.4 Å². The van der Waals surface area contributed by atoms with Crippen LogP contribution in [0.5, 0.6) is 0 Å². The number of benzene rings is 1. The van der Waals surface area contributed by atoms with Gasteiger partial charge in [-0.1, -0.05) is 18.2 Å². The van der Waals surface area contributed by atoms with Crippen molar-refractivity contribution in [2.24, 2.45) is 0 Å². The van der Waals surface area contributed by atoms with Crippen LogP contribution in [0.1, 0.15) is 6.42 Å². The summed E-state index contributed by atoms with van der Waals surface area (Å²) < 4.78 is 23.2. The van der Waals surface area contributed by atoms with Crippen LogP contribution in [0.25, 0.3) is 0 Å². The van der Waals surface area contributed by atoms with Crippen LogP contribution < -0.4 is 0 Å². The number of sulfone groups is 1. The molecule has 0 aliphatic heterocycles. The van der Waals surface area contributed by atoms with Gasteiger partial charge in [-0.3, -0.25) is 4.79 Å². The van der Waals surface area contributed by atoms with Crippen molar-refractivity contribution >= 4 is 15.6 Å².